The lowest BCUT2D eigenvalue weighted by molar-refractivity contribution is -0.113. The van der Waals surface area contributed by atoms with Crippen LogP contribution in [0.25, 0.3) is 11.3 Å². The number of allylic oxidation sites excluding steroid dienone is 4. The van der Waals surface area contributed by atoms with Gasteiger partial charge >= 0.3 is 0 Å². The first-order chi connectivity index (χ1) is 9.04. The number of rotatable bonds is 5. The molecule has 100 valence electrons. The van der Waals surface area contributed by atoms with Crippen molar-refractivity contribution in [3.8, 4) is 0 Å². The fraction of sp³-hybridized carbons (Fsp3) is 0.235. The van der Waals surface area contributed by atoms with Gasteiger partial charge in [0.25, 0.3) is 0 Å². The van der Waals surface area contributed by atoms with E-state index in [0.717, 1.165) is 16.7 Å². The first-order valence-electron chi connectivity index (χ1n) is 6.44. The Hall–Kier alpha value is -2.09. The molecule has 0 aliphatic carbocycles. The van der Waals surface area contributed by atoms with E-state index >= 15 is 0 Å². The second-order valence-corrected chi connectivity index (χ2v) is 4.33. The molecule has 0 saturated carbocycles. The van der Waals surface area contributed by atoms with E-state index in [0.29, 0.717) is 17.7 Å². The Morgan fingerprint density at radius 3 is 2.47 bits per heavy atom. The van der Waals surface area contributed by atoms with Gasteiger partial charge in [0, 0.05) is 11.3 Å². The fourth-order valence-corrected chi connectivity index (χ4v) is 2.07. The molecule has 1 aromatic carbocycles. The molecule has 1 rings (SSSR count). The third-order valence-electron chi connectivity index (χ3n) is 3.14. The third-order valence-corrected chi connectivity index (χ3v) is 3.14. The van der Waals surface area contributed by atoms with Crippen LogP contribution in [0, 0.1) is 0 Å². The lowest BCUT2D eigenvalue weighted by Gasteiger charge is -2.10. The molecule has 0 aromatic heterocycles. The van der Waals surface area contributed by atoms with Crippen LogP contribution in [0.4, 0.5) is 0 Å². The Balaban J connectivity index is 3.34. The van der Waals surface area contributed by atoms with Crippen molar-refractivity contribution in [3.05, 3.63) is 59.7 Å². The molecule has 0 aliphatic heterocycles. The Morgan fingerprint density at radius 2 is 2.00 bits per heavy atom. The van der Waals surface area contributed by atoms with Crippen molar-refractivity contribution in [2.75, 3.05) is 0 Å². The molecular formula is C17H21NO. The Bertz CT molecular complexity index is 550. The van der Waals surface area contributed by atoms with Gasteiger partial charge in [-0.2, -0.15) is 0 Å². The Labute approximate surface area is 115 Å². The number of benzene rings is 1. The van der Waals surface area contributed by atoms with Crippen LogP contribution in [0.2, 0.25) is 0 Å². The fourth-order valence-electron chi connectivity index (χ4n) is 2.07. The first kappa shape index (κ1) is 15.0. The molecule has 0 saturated heterocycles. The number of Topliss-reactive ketones (excluding diaryl/α,β-unsaturated/α-hetero) is 1. The molecule has 0 spiro atoms. The zero-order valence-electron chi connectivity index (χ0n) is 11.9. The summed E-state index contributed by atoms with van der Waals surface area (Å²) < 4.78 is 0. The van der Waals surface area contributed by atoms with Crippen LogP contribution < -0.4 is 5.73 Å². The quantitative estimate of drug-likeness (QED) is 0.639. The van der Waals surface area contributed by atoms with Gasteiger partial charge in [-0.25, -0.2) is 0 Å². The highest BCUT2D eigenvalue weighted by Gasteiger charge is 2.09. The third kappa shape index (κ3) is 3.44. The molecule has 0 radical (unpaired) electrons. The number of ketones is 1. The molecule has 0 amide bonds. The minimum atomic E-state index is 0.0281. The van der Waals surface area contributed by atoms with Gasteiger partial charge in [0.1, 0.15) is 0 Å². The van der Waals surface area contributed by atoms with E-state index in [-0.39, 0.29) is 5.78 Å². The summed E-state index contributed by atoms with van der Waals surface area (Å²) in [6.07, 6.45) is 4.45. The van der Waals surface area contributed by atoms with Crippen molar-refractivity contribution < 1.29 is 4.79 Å². The smallest absolute Gasteiger partial charge is 0.157 e. The summed E-state index contributed by atoms with van der Waals surface area (Å²) in [6.45, 7) is 9.26. The summed E-state index contributed by atoms with van der Waals surface area (Å²) in [4.78, 5) is 11.6. The van der Waals surface area contributed by atoms with Crippen LogP contribution >= 0.6 is 0 Å². The van der Waals surface area contributed by atoms with Crippen LogP contribution in [-0.4, -0.2) is 5.78 Å². The second-order valence-electron chi connectivity index (χ2n) is 4.33. The summed E-state index contributed by atoms with van der Waals surface area (Å²) in [5.41, 5.74) is 10.3. The molecule has 0 atom stereocenters. The normalized spacial score (nSPS) is 12.9. The largest absolute Gasteiger partial charge is 0.398 e. The zero-order chi connectivity index (χ0) is 14.4. The van der Waals surface area contributed by atoms with Gasteiger partial charge in [-0.3, -0.25) is 4.79 Å². The summed E-state index contributed by atoms with van der Waals surface area (Å²) in [6, 6.07) is 7.86. The monoisotopic (exact) mass is 255 g/mol. The molecule has 0 aliphatic rings. The van der Waals surface area contributed by atoms with Gasteiger partial charge in [0.2, 0.25) is 0 Å². The van der Waals surface area contributed by atoms with E-state index in [1.165, 1.54) is 0 Å². The van der Waals surface area contributed by atoms with Crippen LogP contribution in [-0.2, 0) is 4.79 Å². The lowest BCUT2D eigenvalue weighted by Crippen LogP contribution is -2.07. The van der Waals surface area contributed by atoms with Gasteiger partial charge in [-0.15, -0.1) is 0 Å². The summed E-state index contributed by atoms with van der Waals surface area (Å²) in [5.74, 6) is 0.0281. The summed E-state index contributed by atoms with van der Waals surface area (Å²) in [5, 5.41) is 0. The average Bonchev–Trinajstić information content (AvgIpc) is 2.41. The van der Waals surface area contributed by atoms with Gasteiger partial charge in [0.15, 0.2) is 5.78 Å². The number of nitrogens with two attached hydrogens (primary N) is 1. The maximum Gasteiger partial charge on any atom is 0.157 e. The SMILES string of the molecule is C=C/C(=C\C)c1cccc(/C(N)=C(\CC)C(C)=O)c1. The summed E-state index contributed by atoms with van der Waals surface area (Å²) >= 11 is 0. The molecule has 2 heteroatoms. The second kappa shape index (κ2) is 6.74. The van der Waals surface area contributed by atoms with E-state index in [4.69, 9.17) is 5.73 Å². The molecule has 0 unspecified atom stereocenters. The molecule has 1 aromatic rings. The van der Waals surface area contributed by atoms with Crippen molar-refractivity contribution in [1.29, 1.82) is 0 Å². The van der Waals surface area contributed by atoms with E-state index in [2.05, 4.69) is 6.58 Å². The summed E-state index contributed by atoms with van der Waals surface area (Å²) in [7, 11) is 0. The van der Waals surface area contributed by atoms with Crippen molar-refractivity contribution in [3.63, 3.8) is 0 Å². The standard InChI is InChI=1S/C17H21NO/c1-5-13(6-2)14-9-8-10-15(11-14)17(18)16(7-3)12(4)19/h5-6,8-11H,1,7,18H2,2-4H3/b13-6+,17-16-. The number of carbonyl (C=O) groups excluding carboxylic acids is 1. The molecule has 0 fully saturated rings. The molecular weight excluding hydrogens is 234 g/mol. The average molecular weight is 255 g/mol. The van der Waals surface area contributed by atoms with Crippen molar-refractivity contribution in [1.82, 2.24) is 0 Å². The topological polar surface area (TPSA) is 43.1 Å². The number of carbonyl (C=O) groups is 1. The van der Waals surface area contributed by atoms with Gasteiger partial charge < -0.3 is 5.73 Å². The molecule has 2 N–H and O–H groups in total. The highest BCUT2D eigenvalue weighted by molar-refractivity contribution is 6.00. The van der Waals surface area contributed by atoms with E-state index in [1.807, 2.05) is 50.3 Å². The van der Waals surface area contributed by atoms with Gasteiger partial charge in [0.05, 0.1) is 0 Å². The zero-order valence-corrected chi connectivity index (χ0v) is 11.9. The van der Waals surface area contributed by atoms with Crippen LogP contribution in [0.15, 0.2) is 48.6 Å². The minimum Gasteiger partial charge on any atom is -0.398 e. The number of hydrogen-bond acceptors (Lipinski definition) is 2. The van der Waals surface area contributed by atoms with Crippen molar-refractivity contribution in [2.24, 2.45) is 5.73 Å². The Morgan fingerprint density at radius 1 is 1.37 bits per heavy atom. The Kier molecular flexibility index (Phi) is 5.31. The van der Waals surface area contributed by atoms with Crippen LogP contribution in [0.1, 0.15) is 38.3 Å². The van der Waals surface area contributed by atoms with E-state index < -0.39 is 0 Å². The van der Waals surface area contributed by atoms with E-state index in [1.54, 1.807) is 6.92 Å². The first-order valence-corrected chi connectivity index (χ1v) is 6.44. The lowest BCUT2D eigenvalue weighted by atomic mass is 9.98. The van der Waals surface area contributed by atoms with Crippen LogP contribution in [0.5, 0.6) is 0 Å². The predicted octanol–water partition coefficient (Wildman–Crippen LogP) is 3.94. The molecule has 0 bridgehead atoms. The maximum absolute atomic E-state index is 11.6. The number of hydrogen-bond donors (Lipinski definition) is 1. The van der Waals surface area contributed by atoms with Crippen LogP contribution in [0.3, 0.4) is 0 Å². The van der Waals surface area contributed by atoms with Gasteiger partial charge in [-0.1, -0.05) is 43.9 Å². The highest BCUT2D eigenvalue weighted by atomic mass is 16.1. The molecule has 19 heavy (non-hydrogen) atoms. The minimum absolute atomic E-state index is 0.0281. The van der Waals surface area contributed by atoms with Crippen molar-refractivity contribution >= 4 is 17.1 Å². The molecule has 0 heterocycles. The van der Waals surface area contributed by atoms with E-state index in [9.17, 15) is 4.79 Å². The van der Waals surface area contributed by atoms with Crippen molar-refractivity contribution in [2.45, 2.75) is 27.2 Å². The maximum atomic E-state index is 11.6. The molecule has 2 nitrogen and oxygen atoms in total. The highest BCUT2D eigenvalue weighted by Crippen LogP contribution is 2.22. The van der Waals surface area contributed by atoms with Gasteiger partial charge in [-0.05, 0) is 43.0 Å². The predicted molar refractivity (Wildman–Crippen MR) is 82.4 cm³/mol.